The molecule has 3 amide bonds. The summed E-state index contributed by atoms with van der Waals surface area (Å²) in [6.07, 6.45) is -0.00931. The summed E-state index contributed by atoms with van der Waals surface area (Å²) in [5.74, 6) is -0.136. The summed E-state index contributed by atoms with van der Waals surface area (Å²) in [5, 5.41) is 7.00. The lowest BCUT2D eigenvalue weighted by Gasteiger charge is -2.15. The Kier molecular flexibility index (Phi) is 7.41. The van der Waals surface area contributed by atoms with E-state index in [1.165, 1.54) is 19.2 Å². The molecule has 0 bridgehead atoms. The number of carbonyl (C=O) groups excluding carboxylic acids is 2. The first-order chi connectivity index (χ1) is 13.3. The summed E-state index contributed by atoms with van der Waals surface area (Å²) in [6.45, 7) is 3.85. The Morgan fingerprint density at radius 3 is 2.61 bits per heavy atom. The van der Waals surface area contributed by atoms with Crippen LogP contribution >= 0.6 is 11.3 Å². The van der Waals surface area contributed by atoms with Crippen molar-refractivity contribution in [2.75, 3.05) is 13.7 Å². The van der Waals surface area contributed by atoms with Gasteiger partial charge in [0.05, 0.1) is 19.1 Å². The molecule has 0 saturated carbocycles. The van der Waals surface area contributed by atoms with Gasteiger partial charge in [0.1, 0.15) is 10.6 Å². The Balaban J connectivity index is 2.21. The highest BCUT2D eigenvalue weighted by Crippen LogP contribution is 2.26. The first-order valence-corrected chi connectivity index (χ1v) is 11.0. The molecule has 0 radical (unpaired) electrons. The Morgan fingerprint density at radius 1 is 1.25 bits per heavy atom. The van der Waals surface area contributed by atoms with Crippen LogP contribution in [0.5, 0.6) is 5.75 Å². The van der Waals surface area contributed by atoms with Crippen molar-refractivity contribution in [1.29, 1.82) is 0 Å². The summed E-state index contributed by atoms with van der Waals surface area (Å²) >= 11 is 1.54. The van der Waals surface area contributed by atoms with Crippen molar-refractivity contribution in [1.82, 2.24) is 15.4 Å². The van der Waals surface area contributed by atoms with Crippen molar-refractivity contribution in [2.45, 2.75) is 31.2 Å². The van der Waals surface area contributed by atoms with Crippen LogP contribution in [0.2, 0.25) is 0 Å². The van der Waals surface area contributed by atoms with Gasteiger partial charge in [0.15, 0.2) is 0 Å². The zero-order chi connectivity index (χ0) is 20.7. The number of hydrogen-bond acceptors (Lipinski definition) is 6. The van der Waals surface area contributed by atoms with Crippen molar-refractivity contribution in [2.24, 2.45) is 0 Å². The summed E-state index contributed by atoms with van der Waals surface area (Å²) < 4.78 is 32.3. The van der Waals surface area contributed by atoms with E-state index < -0.39 is 16.1 Å². The number of sulfonamides is 1. The van der Waals surface area contributed by atoms with Gasteiger partial charge in [-0.2, -0.15) is 0 Å². The predicted octanol–water partition coefficient (Wildman–Crippen LogP) is 2.18. The van der Waals surface area contributed by atoms with Crippen LogP contribution in [-0.4, -0.2) is 34.0 Å². The van der Waals surface area contributed by atoms with Gasteiger partial charge in [-0.15, -0.1) is 11.3 Å². The fourth-order valence-electron chi connectivity index (χ4n) is 2.46. The van der Waals surface area contributed by atoms with E-state index in [2.05, 4.69) is 10.6 Å². The van der Waals surface area contributed by atoms with Crippen molar-refractivity contribution < 1.29 is 22.7 Å². The van der Waals surface area contributed by atoms with E-state index in [0.29, 0.717) is 5.56 Å². The van der Waals surface area contributed by atoms with Gasteiger partial charge in [-0.1, -0.05) is 12.1 Å². The van der Waals surface area contributed by atoms with Gasteiger partial charge in [0.25, 0.3) is 10.0 Å². The number of rotatable bonds is 8. The van der Waals surface area contributed by atoms with Gasteiger partial charge in [-0.05, 0) is 43.0 Å². The molecule has 1 heterocycles. The molecule has 2 rings (SSSR count). The molecule has 1 atom stereocenters. The van der Waals surface area contributed by atoms with Gasteiger partial charge in [-0.25, -0.2) is 17.9 Å². The molecule has 3 N–H and O–H groups in total. The second kappa shape index (κ2) is 9.56. The van der Waals surface area contributed by atoms with Crippen LogP contribution in [-0.2, 0) is 21.2 Å². The first kappa shape index (κ1) is 21.7. The van der Waals surface area contributed by atoms with Gasteiger partial charge in [0.2, 0.25) is 5.91 Å². The zero-order valence-electron chi connectivity index (χ0n) is 15.8. The maximum absolute atomic E-state index is 12.5. The number of benzene rings is 1. The molecular formula is C18H23N3O5S2. The van der Waals surface area contributed by atoms with E-state index in [-0.39, 0.29) is 35.6 Å². The van der Waals surface area contributed by atoms with Crippen LogP contribution in [0.1, 0.15) is 30.3 Å². The van der Waals surface area contributed by atoms with Crippen LogP contribution in [0.4, 0.5) is 4.79 Å². The molecule has 152 valence electrons. The number of ether oxygens (including phenoxy) is 1. The Labute approximate surface area is 168 Å². The van der Waals surface area contributed by atoms with Crippen LogP contribution < -0.4 is 20.1 Å². The summed E-state index contributed by atoms with van der Waals surface area (Å²) in [5.41, 5.74) is 0.483. The van der Waals surface area contributed by atoms with Gasteiger partial charge >= 0.3 is 6.03 Å². The molecule has 0 spiro atoms. The number of nitrogens with one attached hydrogen (secondary N) is 3. The minimum atomic E-state index is -4.16. The fourth-order valence-corrected chi connectivity index (χ4v) is 4.35. The maximum Gasteiger partial charge on any atom is 0.328 e. The molecule has 0 aliphatic carbocycles. The molecule has 0 fully saturated rings. The molecule has 28 heavy (non-hydrogen) atoms. The lowest BCUT2D eigenvalue weighted by molar-refractivity contribution is -0.121. The number of carbonyl (C=O) groups is 2. The molecule has 1 aromatic heterocycles. The molecule has 10 heteroatoms. The van der Waals surface area contributed by atoms with E-state index in [0.717, 1.165) is 4.88 Å². The minimum Gasteiger partial charge on any atom is -0.492 e. The van der Waals surface area contributed by atoms with Crippen molar-refractivity contribution in [3.63, 3.8) is 0 Å². The predicted molar refractivity (Wildman–Crippen MR) is 107 cm³/mol. The third-order valence-corrected chi connectivity index (χ3v) is 6.17. The quantitative estimate of drug-likeness (QED) is 0.600. The van der Waals surface area contributed by atoms with Gasteiger partial charge in [0, 0.05) is 11.9 Å². The van der Waals surface area contributed by atoms with E-state index in [1.807, 2.05) is 29.2 Å². The van der Waals surface area contributed by atoms with Crippen LogP contribution in [0.15, 0.2) is 40.6 Å². The summed E-state index contributed by atoms with van der Waals surface area (Å²) in [7, 11) is -2.85. The molecule has 1 unspecified atom stereocenters. The largest absolute Gasteiger partial charge is 0.492 e. The zero-order valence-corrected chi connectivity index (χ0v) is 17.4. The Bertz CT molecular complexity index is 927. The topological polar surface area (TPSA) is 114 Å². The number of thiophene rings is 1. The lowest BCUT2D eigenvalue weighted by Crippen LogP contribution is -2.37. The normalized spacial score (nSPS) is 12.1. The lowest BCUT2D eigenvalue weighted by atomic mass is 10.1. The second-order valence-electron chi connectivity index (χ2n) is 5.88. The van der Waals surface area contributed by atoms with Crippen molar-refractivity contribution >= 4 is 33.3 Å². The highest BCUT2D eigenvalue weighted by atomic mass is 32.2. The molecule has 1 aromatic carbocycles. The smallest absolute Gasteiger partial charge is 0.328 e. The van der Waals surface area contributed by atoms with E-state index >= 15 is 0 Å². The Morgan fingerprint density at radius 2 is 2.00 bits per heavy atom. The Hall–Kier alpha value is -2.59. The molecular weight excluding hydrogens is 402 g/mol. The highest BCUT2D eigenvalue weighted by Gasteiger charge is 2.23. The van der Waals surface area contributed by atoms with Gasteiger partial charge < -0.3 is 15.4 Å². The van der Waals surface area contributed by atoms with Crippen LogP contribution in [0.3, 0.4) is 0 Å². The molecule has 0 aliphatic heterocycles. The average Bonchev–Trinajstić information content (AvgIpc) is 3.17. The summed E-state index contributed by atoms with van der Waals surface area (Å²) in [4.78, 5) is 24.6. The van der Waals surface area contributed by atoms with Crippen molar-refractivity contribution in [3.8, 4) is 5.75 Å². The third kappa shape index (κ3) is 5.70. The molecule has 0 aliphatic rings. The molecule has 0 saturated heterocycles. The van der Waals surface area contributed by atoms with Gasteiger partial charge in [-0.3, -0.25) is 4.79 Å². The number of urea groups is 1. The SMILES string of the molecule is CCOc1ccc(CC(=O)NC(C)c2cccs2)cc1S(=O)(=O)NC(=O)NC. The monoisotopic (exact) mass is 425 g/mol. The highest BCUT2D eigenvalue weighted by molar-refractivity contribution is 7.90. The van der Waals surface area contributed by atoms with E-state index in [1.54, 1.807) is 24.3 Å². The van der Waals surface area contributed by atoms with Crippen molar-refractivity contribution in [3.05, 3.63) is 46.2 Å². The minimum absolute atomic E-state index is 0.00931. The number of amides is 3. The fraction of sp³-hybridized carbons (Fsp3) is 0.333. The standard InChI is InChI=1S/C18H23N3O5S2/c1-4-26-14-8-7-13(10-16(14)28(24,25)21-18(23)19-3)11-17(22)20-12(2)15-6-5-9-27-15/h5-10,12H,4,11H2,1-3H3,(H,20,22)(H2,19,21,23). The average molecular weight is 426 g/mol. The third-order valence-electron chi connectivity index (χ3n) is 3.76. The number of hydrogen-bond donors (Lipinski definition) is 3. The summed E-state index contributed by atoms with van der Waals surface area (Å²) in [6, 6.07) is 7.27. The molecule has 8 nitrogen and oxygen atoms in total. The maximum atomic E-state index is 12.5. The second-order valence-corrected chi connectivity index (χ2v) is 8.51. The van der Waals surface area contributed by atoms with Crippen LogP contribution in [0.25, 0.3) is 0 Å². The first-order valence-electron chi connectivity index (χ1n) is 8.59. The van der Waals surface area contributed by atoms with E-state index in [9.17, 15) is 18.0 Å². The van der Waals surface area contributed by atoms with Crippen LogP contribution in [0, 0.1) is 0 Å². The van der Waals surface area contributed by atoms with E-state index in [4.69, 9.17) is 4.74 Å². The molecule has 2 aromatic rings.